The van der Waals surface area contributed by atoms with Crippen LogP contribution in [0.5, 0.6) is 0 Å². The van der Waals surface area contributed by atoms with Crippen molar-refractivity contribution < 1.29 is 27.3 Å². The number of nitro benzene ring substituents is 1. The monoisotopic (exact) mass is 526 g/mol. The van der Waals surface area contributed by atoms with E-state index in [9.17, 15) is 27.7 Å². The molecule has 1 N–H and O–H groups in total. The molecule has 0 atom stereocenters. The van der Waals surface area contributed by atoms with Crippen LogP contribution in [-0.4, -0.2) is 62.9 Å². The Kier molecular flexibility index (Phi) is 7.55. The van der Waals surface area contributed by atoms with Gasteiger partial charge in [-0.15, -0.1) is 0 Å². The van der Waals surface area contributed by atoms with Crippen molar-refractivity contribution in [2.75, 3.05) is 49.6 Å². The SMILES string of the molecule is O=C(Nc1ccc(F)c(Cl)c1)C1CCN(c2ccc(S(=O)(=O)N3CCOCC3)cc2[N+](=O)[O-])CC1. The molecule has 2 fully saturated rings. The van der Waals surface area contributed by atoms with Crippen LogP contribution in [0.3, 0.4) is 0 Å². The van der Waals surface area contributed by atoms with Gasteiger partial charge in [0.05, 0.1) is 28.1 Å². The number of nitrogens with zero attached hydrogens (tertiary/aromatic N) is 3. The van der Waals surface area contributed by atoms with E-state index in [0.29, 0.717) is 37.3 Å². The lowest BCUT2D eigenvalue weighted by molar-refractivity contribution is -0.384. The number of hydrogen-bond acceptors (Lipinski definition) is 7. The number of nitro groups is 1. The number of ether oxygens (including phenoxy) is 1. The Morgan fingerprint density at radius 2 is 1.80 bits per heavy atom. The predicted molar refractivity (Wildman–Crippen MR) is 128 cm³/mol. The van der Waals surface area contributed by atoms with Gasteiger partial charge in [-0.3, -0.25) is 14.9 Å². The number of carbonyl (C=O) groups is 1. The lowest BCUT2D eigenvalue weighted by Crippen LogP contribution is -2.40. The number of piperidine rings is 1. The molecule has 4 rings (SSSR count). The van der Waals surface area contributed by atoms with Gasteiger partial charge in [-0.25, -0.2) is 12.8 Å². The molecule has 0 radical (unpaired) electrons. The number of halogens is 2. The maximum absolute atomic E-state index is 13.3. The van der Waals surface area contributed by atoms with Crippen molar-refractivity contribution in [1.82, 2.24) is 4.31 Å². The van der Waals surface area contributed by atoms with Gasteiger partial charge in [0.25, 0.3) is 5.69 Å². The lowest BCUT2D eigenvalue weighted by atomic mass is 9.95. The Morgan fingerprint density at radius 1 is 1.11 bits per heavy atom. The molecule has 0 spiro atoms. The van der Waals surface area contributed by atoms with Crippen molar-refractivity contribution in [1.29, 1.82) is 0 Å². The summed E-state index contributed by atoms with van der Waals surface area (Å²) in [7, 11) is -3.88. The van der Waals surface area contributed by atoms with Crippen LogP contribution < -0.4 is 10.2 Å². The molecule has 2 aliphatic heterocycles. The molecular weight excluding hydrogens is 503 g/mol. The van der Waals surface area contributed by atoms with Gasteiger partial charge in [0, 0.05) is 43.9 Å². The van der Waals surface area contributed by atoms with Gasteiger partial charge in [0.1, 0.15) is 11.5 Å². The highest BCUT2D eigenvalue weighted by atomic mass is 35.5. The summed E-state index contributed by atoms with van der Waals surface area (Å²) in [5.74, 6) is -1.16. The second-order valence-electron chi connectivity index (χ2n) is 8.30. The minimum atomic E-state index is -3.88. The lowest BCUT2D eigenvalue weighted by Gasteiger charge is -2.33. The smallest absolute Gasteiger partial charge is 0.293 e. The maximum Gasteiger partial charge on any atom is 0.293 e. The molecule has 0 aliphatic carbocycles. The summed E-state index contributed by atoms with van der Waals surface area (Å²) >= 11 is 5.76. The molecular formula is C22H24ClFN4O6S. The fourth-order valence-electron chi connectivity index (χ4n) is 4.21. The number of amides is 1. The Hall–Kier alpha value is -2.80. The number of carbonyl (C=O) groups excluding carboxylic acids is 1. The predicted octanol–water partition coefficient (Wildman–Crippen LogP) is 3.26. The number of rotatable bonds is 6. The Labute approximate surface area is 206 Å². The first kappa shape index (κ1) is 25.3. The topological polar surface area (TPSA) is 122 Å². The van der Waals surface area contributed by atoms with Crippen molar-refractivity contribution in [2.45, 2.75) is 17.7 Å². The molecule has 0 bridgehead atoms. The van der Waals surface area contributed by atoms with Crippen molar-refractivity contribution in [3.8, 4) is 0 Å². The highest BCUT2D eigenvalue weighted by Gasteiger charge is 2.32. The number of nitrogens with one attached hydrogen (secondary N) is 1. The quantitative estimate of drug-likeness (QED) is 0.453. The molecule has 0 aromatic heterocycles. The first-order chi connectivity index (χ1) is 16.7. The molecule has 188 valence electrons. The third-order valence-corrected chi connectivity index (χ3v) is 8.33. The average Bonchev–Trinajstić information content (AvgIpc) is 2.86. The van der Waals surface area contributed by atoms with Crippen LogP contribution in [0, 0.1) is 21.8 Å². The third kappa shape index (κ3) is 5.56. The van der Waals surface area contributed by atoms with E-state index in [4.69, 9.17) is 16.3 Å². The number of sulfonamides is 1. The first-order valence-electron chi connectivity index (χ1n) is 11.0. The second-order valence-corrected chi connectivity index (χ2v) is 10.6. The standard InChI is InChI=1S/C22H24ClFN4O6S/c23-18-13-16(1-3-19(18)24)25-22(29)15-5-7-26(8-6-15)20-4-2-17(14-21(20)28(30)31)35(32,33)27-9-11-34-12-10-27/h1-4,13-15H,5-12H2,(H,25,29). The molecule has 1 amide bonds. The third-order valence-electron chi connectivity index (χ3n) is 6.14. The highest BCUT2D eigenvalue weighted by molar-refractivity contribution is 7.89. The van der Waals surface area contributed by atoms with Crippen LogP contribution in [0.25, 0.3) is 0 Å². The van der Waals surface area contributed by atoms with Crippen molar-refractivity contribution >= 4 is 44.6 Å². The van der Waals surface area contributed by atoms with Gasteiger partial charge in [0.15, 0.2) is 0 Å². The van der Waals surface area contributed by atoms with E-state index in [2.05, 4.69) is 5.32 Å². The van der Waals surface area contributed by atoms with E-state index in [-0.39, 0.29) is 53.7 Å². The average molecular weight is 527 g/mol. The zero-order valence-corrected chi connectivity index (χ0v) is 20.2. The number of benzene rings is 2. The minimum Gasteiger partial charge on any atom is -0.379 e. The molecule has 2 aromatic rings. The highest BCUT2D eigenvalue weighted by Crippen LogP contribution is 2.34. The summed E-state index contributed by atoms with van der Waals surface area (Å²) in [4.78, 5) is 25.5. The summed E-state index contributed by atoms with van der Waals surface area (Å²) in [6.45, 7) is 1.68. The molecule has 2 aromatic carbocycles. The normalized spacial score (nSPS) is 17.8. The minimum absolute atomic E-state index is 0.0935. The van der Waals surface area contributed by atoms with Crippen molar-refractivity contribution in [2.24, 2.45) is 5.92 Å². The Balaban J connectivity index is 1.45. The van der Waals surface area contributed by atoms with E-state index in [0.717, 1.165) is 6.07 Å². The first-order valence-corrected chi connectivity index (χ1v) is 12.9. The molecule has 2 saturated heterocycles. The van der Waals surface area contributed by atoms with Crippen molar-refractivity contribution in [3.05, 3.63) is 57.4 Å². The van der Waals surface area contributed by atoms with E-state index >= 15 is 0 Å². The molecule has 0 unspecified atom stereocenters. The number of morpholine rings is 1. The van der Waals surface area contributed by atoms with Crippen LogP contribution in [0.1, 0.15) is 12.8 Å². The van der Waals surface area contributed by atoms with Gasteiger partial charge in [-0.05, 0) is 43.2 Å². The zero-order chi connectivity index (χ0) is 25.2. The van der Waals surface area contributed by atoms with Crippen LogP contribution >= 0.6 is 11.6 Å². The molecule has 2 heterocycles. The van der Waals surface area contributed by atoms with E-state index < -0.39 is 20.8 Å². The molecule has 0 saturated carbocycles. The van der Waals surface area contributed by atoms with E-state index in [1.807, 2.05) is 0 Å². The second kappa shape index (κ2) is 10.4. The van der Waals surface area contributed by atoms with Crippen LogP contribution in [-0.2, 0) is 19.6 Å². The Bertz CT molecular complexity index is 1230. The van der Waals surface area contributed by atoms with Crippen LogP contribution in [0.2, 0.25) is 5.02 Å². The van der Waals surface area contributed by atoms with Gasteiger partial charge < -0.3 is 15.0 Å². The van der Waals surface area contributed by atoms with Crippen molar-refractivity contribution in [3.63, 3.8) is 0 Å². The molecule has 35 heavy (non-hydrogen) atoms. The fraction of sp³-hybridized carbons (Fsp3) is 0.409. The summed E-state index contributed by atoms with van der Waals surface area (Å²) in [6, 6.07) is 7.85. The van der Waals surface area contributed by atoms with Gasteiger partial charge in [-0.2, -0.15) is 4.31 Å². The van der Waals surface area contributed by atoms with Gasteiger partial charge in [-0.1, -0.05) is 11.6 Å². The maximum atomic E-state index is 13.3. The summed E-state index contributed by atoms with van der Waals surface area (Å²) in [5, 5.41) is 14.4. The summed E-state index contributed by atoms with van der Waals surface area (Å²) < 4.78 is 45.6. The largest absolute Gasteiger partial charge is 0.379 e. The number of anilines is 2. The van der Waals surface area contributed by atoms with Crippen LogP contribution in [0.4, 0.5) is 21.5 Å². The van der Waals surface area contributed by atoms with Crippen LogP contribution in [0.15, 0.2) is 41.3 Å². The zero-order valence-electron chi connectivity index (χ0n) is 18.7. The van der Waals surface area contributed by atoms with E-state index in [1.54, 1.807) is 4.90 Å². The molecule has 13 heteroatoms. The Morgan fingerprint density at radius 3 is 2.43 bits per heavy atom. The summed E-state index contributed by atoms with van der Waals surface area (Å²) in [5.41, 5.74) is 0.389. The van der Waals surface area contributed by atoms with E-state index in [1.165, 1.54) is 34.6 Å². The molecule has 10 nitrogen and oxygen atoms in total. The van der Waals surface area contributed by atoms with Gasteiger partial charge >= 0.3 is 0 Å². The fourth-order valence-corrected chi connectivity index (χ4v) is 5.82. The number of hydrogen-bond donors (Lipinski definition) is 1. The molecule has 2 aliphatic rings. The van der Waals surface area contributed by atoms with Gasteiger partial charge in [0.2, 0.25) is 15.9 Å². The summed E-state index contributed by atoms with van der Waals surface area (Å²) in [6.07, 6.45) is 0.873.